The molecule has 1 atom stereocenters. The summed E-state index contributed by atoms with van der Waals surface area (Å²) in [6.45, 7) is 2.20. The predicted octanol–water partition coefficient (Wildman–Crippen LogP) is 2.62. The van der Waals surface area contributed by atoms with E-state index in [1.807, 2.05) is 41.1 Å². The van der Waals surface area contributed by atoms with E-state index < -0.39 is 6.10 Å². The van der Waals surface area contributed by atoms with Crippen LogP contribution in [0.2, 0.25) is 0 Å². The lowest BCUT2D eigenvalue weighted by Crippen LogP contribution is -2.40. The molecule has 1 amide bonds. The zero-order valence-corrected chi connectivity index (χ0v) is 18.7. The minimum absolute atomic E-state index is 0.0413. The van der Waals surface area contributed by atoms with Gasteiger partial charge in [0.25, 0.3) is 0 Å². The molecule has 0 radical (unpaired) electrons. The zero-order valence-electron chi connectivity index (χ0n) is 18.7. The highest BCUT2D eigenvalue weighted by Gasteiger charge is 2.20. The van der Waals surface area contributed by atoms with E-state index in [4.69, 9.17) is 10.3 Å². The normalized spacial score (nSPS) is 18.9. The standard InChI is InChI=1S/C25H29N5O3/c1-17(31)25-27-12-13-30(25)16-22-14-23(33-29-22)20-8-4-18(5-9-20)2-3-19-6-10-21(11-7-19)28-24(32)15-26/h4-5,8-9,12-14,17,19,21,31H,6-7,10-11,15-16,26H2,1H3,(H,28,32)/t17-,19?,21?/m0/s1. The largest absolute Gasteiger partial charge is 0.385 e. The van der Waals surface area contributed by atoms with Gasteiger partial charge in [-0.15, -0.1) is 0 Å². The van der Waals surface area contributed by atoms with Gasteiger partial charge in [-0.2, -0.15) is 0 Å². The maximum atomic E-state index is 11.4. The van der Waals surface area contributed by atoms with Crippen LogP contribution in [0.25, 0.3) is 11.3 Å². The summed E-state index contributed by atoms with van der Waals surface area (Å²) >= 11 is 0. The minimum atomic E-state index is -0.646. The molecule has 0 spiro atoms. The Morgan fingerprint density at radius 2 is 2.06 bits per heavy atom. The van der Waals surface area contributed by atoms with Crippen LogP contribution in [0.3, 0.4) is 0 Å². The fourth-order valence-electron chi connectivity index (χ4n) is 4.09. The third-order valence-electron chi connectivity index (χ3n) is 5.88. The molecule has 2 heterocycles. The van der Waals surface area contributed by atoms with Crippen molar-refractivity contribution in [3.8, 4) is 23.2 Å². The molecule has 3 aromatic rings. The third kappa shape index (κ3) is 5.89. The lowest BCUT2D eigenvalue weighted by molar-refractivity contribution is -0.120. The molecule has 1 aromatic carbocycles. The number of hydrogen-bond acceptors (Lipinski definition) is 6. The van der Waals surface area contributed by atoms with E-state index in [2.05, 4.69) is 27.3 Å². The minimum Gasteiger partial charge on any atom is -0.385 e. The van der Waals surface area contributed by atoms with Crippen molar-refractivity contribution in [2.75, 3.05) is 6.54 Å². The van der Waals surface area contributed by atoms with Crippen molar-refractivity contribution >= 4 is 5.91 Å². The van der Waals surface area contributed by atoms with E-state index in [-0.39, 0.29) is 18.5 Å². The number of carbonyl (C=O) groups excluding carboxylic acids is 1. The summed E-state index contributed by atoms with van der Waals surface area (Å²) in [6, 6.07) is 10.0. The fraction of sp³-hybridized carbons (Fsp3) is 0.400. The van der Waals surface area contributed by atoms with Gasteiger partial charge in [0, 0.05) is 41.5 Å². The summed E-state index contributed by atoms with van der Waals surface area (Å²) in [6.07, 6.45) is 6.67. The molecule has 8 nitrogen and oxygen atoms in total. The summed E-state index contributed by atoms with van der Waals surface area (Å²) in [5, 5.41) is 16.9. The number of nitrogens with one attached hydrogen (secondary N) is 1. The van der Waals surface area contributed by atoms with Crippen LogP contribution < -0.4 is 11.1 Å². The molecule has 2 aromatic heterocycles. The van der Waals surface area contributed by atoms with Gasteiger partial charge >= 0.3 is 0 Å². The molecule has 1 aliphatic rings. The molecule has 0 aliphatic heterocycles. The predicted molar refractivity (Wildman–Crippen MR) is 124 cm³/mol. The van der Waals surface area contributed by atoms with E-state index in [0.717, 1.165) is 42.5 Å². The maximum absolute atomic E-state index is 11.4. The Morgan fingerprint density at radius 1 is 1.30 bits per heavy atom. The summed E-state index contributed by atoms with van der Waals surface area (Å²) in [4.78, 5) is 15.6. The number of nitrogens with zero attached hydrogens (tertiary/aromatic N) is 3. The van der Waals surface area contributed by atoms with Crippen LogP contribution >= 0.6 is 0 Å². The number of amides is 1. The Morgan fingerprint density at radius 3 is 2.76 bits per heavy atom. The molecule has 0 saturated heterocycles. The van der Waals surface area contributed by atoms with Crippen LogP contribution in [0.15, 0.2) is 47.2 Å². The van der Waals surface area contributed by atoms with Gasteiger partial charge in [0.15, 0.2) is 5.76 Å². The van der Waals surface area contributed by atoms with Crippen molar-refractivity contribution in [1.82, 2.24) is 20.0 Å². The Balaban J connectivity index is 1.33. The van der Waals surface area contributed by atoms with Gasteiger partial charge < -0.3 is 25.2 Å². The lowest BCUT2D eigenvalue weighted by atomic mass is 9.86. The molecule has 4 rings (SSSR count). The molecule has 1 saturated carbocycles. The molecule has 1 fully saturated rings. The van der Waals surface area contributed by atoms with Gasteiger partial charge in [-0.05, 0) is 56.9 Å². The highest BCUT2D eigenvalue weighted by atomic mass is 16.5. The number of hydrogen-bond donors (Lipinski definition) is 3. The Labute approximate surface area is 193 Å². The highest BCUT2D eigenvalue weighted by Crippen LogP contribution is 2.25. The summed E-state index contributed by atoms with van der Waals surface area (Å²) in [5.74, 6) is 8.19. The van der Waals surface area contributed by atoms with E-state index in [1.54, 1.807) is 13.1 Å². The first-order chi connectivity index (χ1) is 16.0. The monoisotopic (exact) mass is 447 g/mol. The van der Waals surface area contributed by atoms with Crippen molar-refractivity contribution in [2.45, 2.75) is 51.3 Å². The van der Waals surface area contributed by atoms with Crippen LogP contribution in [-0.2, 0) is 11.3 Å². The molecule has 0 bridgehead atoms. The Bertz CT molecular complexity index is 1130. The average Bonchev–Trinajstić information content (AvgIpc) is 3.49. The third-order valence-corrected chi connectivity index (χ3v) is 5.88. The first-order valence-electron chi connectivity index (χ1n) is 11.3. The molecular formula is C25H29N5O3. The molecule has 172 valence electrons. The number of imidazole rings is 1. The quantitative estimate of drug-likeness (QED) is 0.500. The lowest BCUT2D eigenvalue weighted by Gasteiger charge is -2.26. The molecule has 1 aliphatic carbocycles. The number of aromatic nitrogens is 3. The van der Waals surface area contributed by atoms with Crippen molar-refractivity contribution < 1.29 is 14.4 Å². The molecule has 33 heavy (non-hydrogen) atoms. The number of aliphatic hydroxyl groups excluding tert-OH is 1. The van der Waals surface area contributed by atoms with Crippen LogP contribution in [0.4, 0.5) is 0 Å². The van der Waals surface area contributed by atoms with Crippen LogP contribution in [0, 0.1) is 17.8 Å². The van der Waals surface area contributed by atoms with Crippen molar-refractivity contribution in [3.05, 3.63) is 59.8 Å². The smallest absolute Gasteiger partial charge is 0.233 e. The van der Waals surface area contributed by atoms with Gasteiger partial charge in [-0.1, -0.05) is 17.0 Å². The second-order valence-electron chi connectivity index (χ2n) is 8.44. The fourth-order valence-corrected chi connectivity index (χ4v) is 4.09. The van der Waals surface area contributed by atoms with Crippen molar-refractivity contribution in [1.29, 1.82) is 0 Å². The van der Waals surface area contributed by atoms with Gasteiger partial charge in [-0.25, -0.2) is 4.98 Å². The van der Waals surface area contributed by atoms with Crippen LogP contribution in [-0.4, -0.2) is 38.3 Å². The number of benzene rings is 1. The van der Waals surface area contributed by atoms with Gasteiger partial charge in [0.1, 0.15) is 17.6 Å². The van der Waals surface area contributed by atoms with E-state index in [1.165, 1.54) is 0 Å². The molecule has 8 heteroatoms. The Kier molecular flexibility index (Phi) is 7.23. The van der Waals surface area contributed by atoms with Gasteiger partial charge in [-0.3, -0.25) is 4.79 Å². The van der Waals surface area contributed by atoms with E-state index in [0.29, 0.717) is 24.0 Å². The number of nitrogens with two attached hydrogens (primary N) is 1. The average molecular weight is 448 g/mol. The SMILES string of the molecule is C[C@H](O)c1nccn1Cc1cc(-c2ccc(C#CC3CCC(NC(=O)CN)CC3)cc2)on1. The molecule has 4 N–H and O–H groups in total. The van der Waals surface area contributed by atoms with Gasteiger partial charge in [0.05, 0.1) is 13.1 Å². The summed E-state index contributed by atoms with van der Waals surface area (Å²) in [5.41, 5.74) is 8.00. The van der Waals surface area contributed by atoms with Crippen LogP contribution in [0.5, 0.6) is 0 Å². The van der Waals surface area contributed by atoms with Crippen molar-refractivity contribution in [3.63, 3.8) is 0 Å². The topological polar surface area (TPSA) is 119 Å². The maximum Gasteiger partial charge on any atom is 0.233 e. The van der Waals surface area contributed by atoms with Crippen LogP contribution in [0.1, 0.15) is 55.8 Å². The first kappa shape index (κ1) is 22.8. The second-order valence-corrected chi connectivity index (χ2v) is 8.44. The van der Waals surface area contributed by atoms with E-state index >= 15 is 0 Å². The Hall–Kier alpha value is -3.41. The molecular weight excluding hydrogens is 418 g/mol. The summed E-state index contributed by atoms with van der Waals surface area (Å²) < 4.78 is 7.37. The number of aliphatic hydroxyl groups is 1. The highest BCUT2D eigenvalue weighted by molar-refractivity contribution is 5.78. The zero-order chi connectivity index (χ0) is 23.2. The number of rotatable bonds is 6. The second kappa shape index (κ2) is 10.5. The van der Waals surface area contributed by atoms with Crippen molar-refractivity contribution in [2.24, 2.45) is 11.7 Å². The van der Waals surface area contributed by atoms with Gasteiger partial charge in [0.2, 0.25) is 5.91 Å². The summed E-state index contributed by atoms with van der Waals surface area (Å²) in [7, 11) is 0. The first-order valence-corrected chi connectivity index (χ1v) is 11.3. The number of carbonyl (C=O) groups is 1. The molecule has 0 unspecified atom stereocenters. The van der Waals surface area contributed by atoms with E-state index in [9.17, 15) is 9.90 Å².